The van der Waals surface area contributed by atoms with E-state index in [4.69, 9.17) is 0 Å². The average Bonchev–Trinajstić information content (AvgIpc) is 1.94. The van der Waals surface area contributed by atoms with Crippen LogP contribution in [0.15, 0.2) is 23.0 Å². The van der Waals surface area contributed by atoms with Gasteiger partial charge in [-0.3, -0.25) is 0 Å². The Labute approximate surface area is 58.4 Å². The largest absolute Gasteiger partial charge is 0.120 e. The van der Waals surface area contributed by atoms with Crippen molar-refractivity contribution in [2.24, 2.45) is 0 Å². The molecule has 0 aromatic rings. The Morgan fingerprint density at radius 1 is 1.12 bits per heavy atom. The molecule has 0 saturated heterocycles. The second kappa shape index (κ2) is 3.25. The lowest BCUT2D eigenvalue weighted by molar-refractivity contribution is 1.44. The van der Waals surface area contributed by atoms with Crippen LogP contribution in [0.4, 0.5) is 0 Å². The molecule has 0 spiro atoms. The molecule has 44 valence electrons. The lowest BCUT2D eigenvalue weighted by Gasteiger charge is -1.99. The van der Waals surface area contributed by atoms with Gasteiger partial charge in [0.15, 0.2) is 0 Å². The van der Waals surface area contributed by atoms with Crippen LogP contribution in [0.1, 0.15) is 6.92 Å². The quantitative estimate of drug-likeness (QED) is 0.512. The van der Waals surface area contributed by atoms with Gasteiger partial charge in [0.05, 0.1) is 4.58 Å². The van der Waals surface area contributed by atoms with Gasteiger partial charge in [0, 0.05) is 0 Å². The van der Waals surface area contributed by atoms with Crippen molar-refractivity contribution >= 4 is 23.5 Å². The minimum absolute atomic E-state index is 0.685. The van der Waals surface area contributed by atoms with Crippen molar-refractivity contribution in [2.45, 2.75) is 11.5 Å². The van der Waals surface area contributed by atoms with Gasteiger partial charge in [0.1, 0.15) is 0 Å². The minimum Gasteiger partial charge on any atom is -0.120 e. The van der Waals surface area contributed by atoms with Crippen LogP contribution in [0.2, 0.25) is 0 Å². The molecule has 8 heavy (non-hydrogen) atoms. The highest BCUT2D eigenvalue weighted by molar-refractivity contribution is 8.19. The zero-order valence-electron chi connectivity index (χ0n) is 4.70. The standard InChI is InChI=1S/C6H8S2/c1-6-7-4-2-3-5-8-6/h2-6H,1H3. The number of hydrogen-bond donors (Lipinski definition) is 0. The fraction of sp³-hybridized carbons (Fsp3) is 0.333. The average molecular weight is 144 g/mol. The molecule has 0 aliphatic carbocycles. The number of hydrogen-bond acceptors (Lipinski definition) is 2. The van der Waals surface area contributed by atoms with E-state index in [-0.39, 0.29) is 0 Å². The SMILES string of the molecule is CC1SC=CC=CS1. The molecule has 0 saturated carbocycles. The van der Waals surface area contributed by atoms with E-state index in [1.807, 2.05) is 23.5 Å². The van der Waals surface area contributed by atoms with Gasteiger partial charge in [-0.15, -0.1) is 23.5 Å². The van der Waals surface area contributed by atoms with Crippen molar-refractivity contribution in [1.29, 1.82) is 0 Å². The molecule has 1 heterocycles. The zero-order chi connectivity index (χ0) is 5.82. The Hall–Kier alpha value is 0.180. The van der Waals surface area contributed by atoms with Crippen LogP contribution in [-0.4, -0.2) is 4.58 Å². The van der Waals surface area contributed by atoms with Crippen LogP contribution in [-0.2, 0) is 0 Å². The molecular formula is C6H8S2. The molecule has 0 bridgehead atoms. The molecule has 1 aliphatic rings. The number of allylic oxidation sites excluding steroid dienone is 2. The van der Waals surface area contributed by atoms with E-state index in [1.165, 1.54) is 0 Å². The third-order valence-electron chi connectivity index (χ3n) is 0.809. The summed E-state index contributed by atoms with van der Waals surface area (Å²) in [4.78, 5) is 0. The highest BCUT2D eigenvalue weighted by Crippen LogP contribution is 2.26. The summed E-state index contributed by atoms with van der Waals surface area (Å²) in [5, 5.41) is 4.25. The van der Waals surface area contributed by atoms with Crippen molar-refractivity contribution in [3.8, 4) is 0 Å². The number of thioether (sulfide) groups is 2. The second-order valence-corrected chi connectivity index (χ2v) is 4.30. The van der Waals surface area contributed by atoms with E-state index in [2.05, 4.69) is 29.9 Å². The van der Waals surface area contributed by atoms with Crippen LogP contribution in [0.25, 0.3) is 0 Å². The van der Waals surface area contributed by atoms with Crippen molar-refractivity contribution in [3.05, 3.63) is 23.0 Å². The Morgan fingerprint density at radius 3 is 2.12 bits per heavy atom. The van der Waals surface area contributed by atoms with E-state index < -0.39 is 0 Å². The van der Waals surface area contributed by atoms with Crippen molar-refractivity contribution in [2.75, 3.05) is 0 Å². The van der Waals surface area contributed by atoms with Gasteiger partial charge in [-0.25, -0.2) is 0 Å². The van der Waals surface area contributed by atoms with Gasteiger partial charge in [-0.1, -0.05) is 12.2 Å². The first-order valence-electron chi connectivity index (χ1n) is 2.52. The maximum atomic E-state index is 2.20. The fourth-order valence-corrected chi connectivity index (χ4v) is 1.88. The molecule has 0 fully saturated rings. The monoisotopic (exact) mass is 144 g/mol. The Balaban J connectivity index is 2.45. The molecule has 0 N–H and O–H groups in total. The first kappa shape index (κ1) is 6.30. The van der Waals surface area contributed by atoms with Crippen LogP contribution < -0.4 is 0 Å². The van der Waals surface area contributed by atoms with Crippen LogP contribution in [0, 0.1) is 0 Å². The maximum Gasteiger partial charge on any atom is 0.0556 e. The minimum atomic E-state index is 0.685. The predicted octanol–water partition coefficient (Wildman–Crippen LogP) is 2.84. The molecule has 1 rings (SSSR count). The Morgan fingerprint density at radius 2 is 1.62 bits per heavy atom. The van der Waals surface area contributed by atoms with Crippen molar-refractivity contribution < 1.29 is 0 Å². The summed E-state index contributed by atoms with van der Waals surface area (Å²) >= 11 is 3.72. The second-order valence-electron chi connectivity index (χ2n) is 1.50. The molecule has 0 atom stereocenters. The highest BCUT2D eigenvalue weighted by atomic mass is 32.2. The van der Waals surface area contributed by atoms with Gasteiger partial charge >= 0.3 is 0 Å². The molecular weight excluding hydrogens is 136 g/mol. The maximum absolute atomic E-state index is 2.20. The van der Waals surface area contributed by atoms with E-state index >= 15 is 0 Å². The molecule has 0 aromatic carbocycles. The Bertz CT molecular complexity index is 102. The highest BCUT2D eigenvalue weighted by Gasteiger charge is 1.97. The van der Waals surface area contributed by atoms with Gasteiger partial charge in [-0.05, 0) is 17.7 Å². The van der Waals surface area contributed by atoms with Crippen molar-refractivity contribution in [3.63, 3.8) is 0 Å². The molecule has 0 nitrogen and oxygen atoms in total. The first-order valence-corrected chi connectivity index (χ1v) is 4.41. The normalized spacial score (nSPS) is 21.1. The smallest absolute Gasteiger partial charge is 0.0556 e. The van der Waals surface area contributed by atoms with Gasteiger partial charge < -0.3 is 0 Å². The third-order valence-corrected chi connectivity index (χ3v) is 2.87. The summed E-state index contributed by atoms with van der Waals surface area (Å²) in [5.74, 6) is 0. The lowest BCUT2D eigenvalue weighted by atomic mass is 10.6. The van der Waals surface area contributed by atoms with E-state index in [0.717, 1.165) is 0 Å². The first-order chi connectivity index (χ1) is 3.89. The van der Waals surface area contributed by atoms with E-state index in [9.17, 15) is 0 Å². The molecule has 2 heteroatoms. The van der Waals surface area contributed by atoms with Crippen LogP contribution in [0.5, 0.6) is 0 Å². The summed E-state index contributed by atoms with van der Waals surface area (Å²) < 4.78 is 0.685. The third kappa shape index (κ3) is 1.97. The molecule has 0 unspecified atom stereocenters. The molecule has 0 radical (unpaired) electrons. The van der Waals surface area contributed by atoms with Crippen LogP contribution in [0.3, 0.4) is 0 Å². The van der Waals surface area contributed by atoms with Crippen molar-refractivity contribution in [1.82, 2.24) is 0 Å². The lowest BCUT2D eigenvalue weighted by Crippen LogP contribution is -1.79. The molecule has 0 aromatic heterocycles. The van der Waals surface area contributed by atoms with E-state index in [0.29, 0.717) is 4.58 Å². The van der Waals surface area contributed by atoms with E-state index in [1.54, 1.807) is 0 Å². The zero-order valence-corrected chi connectivity index (χ0v) is 6.34. The summed E-state index contributed by atoms with van der Waals surface area (Å²) in [6.45, 7) is 2.20. The van der Waals surface area contributed by atoms with Gasteiger partial charge in [0.25, 0.3) is 0 Å². The fourth-order valence-electron chi connectivity index (χ4n) is 0.435. The molecule has 0 amide bonds. The topological polar surface area (TPSA) is 0 Å². The van der Waals surface area contributed by atoms with Gasteiger partial charge in [0.2, 0.25) is 0 Å². The predicted molar refractivity (Wildman–Crippen MR) is 42.9 cm³/mol. The van der Waals surface area contributed by atoms with Gasteiger partial charge in [-0.2, -0.15) is 0 Å². The number of rotatable bonds is 0. The molecule has 1 aliphatic heterocycles. The summed E-state index contributed by atoms with van der Waals surface area (Å²) in [7, 11) is 0. The summed E-state index contributed by atoms with van der Waals surface area (Å²) in [5.41, 5.74) is 0. The Kier molecular flexibility index (Phi) is 2.56. The summed E-state index contributed by atoms with van der Waals surface area (Å²) in [6.07, 6.45) is 4.14. The van der Waals surface area contributed by atoms with Crippen LogP contribution >= 0.6 is 23.5 Å². The summed E-state index contributed by atoms with van der Waals surface area (Å²) in [6, 6.07) is 0.